The van der Waals surface area contributed by atoms with E-state index >= 15 is 0 Å². The molecule has 1 aliphatic heterocycles. The number of aromatic nitrogens is 1. The molecule has 1 unspecified atom stereocenters. The van der Waals surface area contributed by atoms with E-state index in [2.05, 4.69) is 6.07 Å². The molecule has 0 bridgehead atoms. The van der Waals surface area contributed by atoms with Gasteiger partial charge in [-0.3, -0.25) is 4.79 Å². The van der Waals surface area contributed by atoms with Crippen LogP contribution in [0, 0.1) is 0 Å². The summed E-state index contributed by atoms with van der Waals surface area (Å²) in [5.41, 5.74) is 2.20. The van der Waals surface area contributed by atoms with E-state index in [0.29, 0.717) is 11.7 Å². The minimum absolute atomic E-state index is 0.0168. The molecule has 1 saturated carbocycles. The summed E-state index contributed by atoms with van der Waals surface area (Å²) in [6.45, 7) is 0. The number of nitrogens with zero attached hydrogens (tertiary/aromatic N) is 1. The van der Waals surface area contributed by atoms with Crippen LogP contribution in [0.2, 0.25) is 0 Å². The Balaban J connectivity index is 2.08. The lowest BCUT2D eigenvalue weighted by Crippen LogP contribution is -2.23. The van der Waals surface area contributed by atoms with Crippen molar-refractivity contribution in [2.75, 3.05) is 0 Å². The summed E-state index contributed by atoms with van der Waals surface area (Å²) in [7, 11) is 1.83. The first-order chi connectivity index (χ1) is 9.27. The third-order valence-corrected chi connectivity index (χ3v) is 4.64. The Labute approximate surface area is 111 Å². The molecule has 0 amide bonds. The van der Waals surface area contributed by atoms with Gasteiger partial charge in [-0.2, -0.15) is 0 Å². The number of fused-ring (bicyclic) bond motifs is 5. The van der Waals surface area contributed by atoms with Gasteiger partial charge in [0, 0.05) is 23.9 Å². The van der Waals surface area contributed by atoms with Crippen molar-refractivity contribution in [2.24, 2.45) is 7.05 Å². The fourth-order valence-electron chi connectivity index (χ4n) is 3.69. The Morgan fingerprint density at radius 1 is 1.21 bits per heavy atom. The Morgan fingerprint density at radius 2 is 2.00 bits per heavy atom. The van der Waals surface area contributed by atoms with Gasteiger partial charge in [-0.25, -0.2) is 0 Å². The molecule has 0 spiro atoms. The van der Waals surface area contributed by atoms with E-state index in [-0.39, 0.29) is 11.7 Å². The maximum absolute atomic E-state index is 12.5. The summed E-state index contributed by atoms with van der Waals surface area (Å²) in [5.74, 6) is 1.03. The molecule has 3 heteroatoms. The average Bonchev–Trinajstić information content (AvgIpc) is 2.84. The van der Waals surface area contributed by atoms with Crippen molar-refractivity contribution in [3.63, 3.8) is 0 Å². The van der Waals surface area contributed by atoms with Gasteiger partial charge in [0.25, 0.3) is 5.56 Å². The second-order valence-electron chi connectivity index (χ2n) is 5.67. The fourth-order valence-corrected chi connectivity index (χ4v) is 3.69. The van der Waals surface area contributed by atoms with Crippen LogP contribution in [0.3, 0.4) is 0 Å². The molecule has 0 N–H and O–H groups in total. The maximum atomic E-state index is 12.5. The molecule has 1 aromatic heterocycles. The van der Waals surface area contributed by atoms with Gasteiger partial charge in [0.15, 0.2) is 5.75 Å². The van der Waals surface area contributed by atoms with Crippen LogP contribution in [-0.4, -0.2) is 10.7 Å². The third kappa shape index (κ3) is 1.41. The van der Waals surface area contributed by atoms with Crippen molar-refractivity contribution < 1.29 is 4.74 Å². The molecule has 1 aromatic carbocycles. The summed E-state index contributed by atoms with van der Waals surface area (Å²) in [6, 6.07) is 8.17. The van der Waals surface area contributed by atoms with Gasteiger partial charge < -0.3 is 9.30 Å². The van der Waals surface area contributed by atoms with Crippen molar-refractivity contribution in [3.05, 3.63) is 40.2 Å². The molecular weight excluding hydrogens is 238 g/mol. The Kier molecular flexibility index (Phi) is 2.25. The zero-order chi connectivity index (χ0) is 13.0. The number of benzene rings is 1. The van der Waals surface area contributed by atoms with E-state index in [9.17, 15) is 4.79 Å². The van der Waals surface area contributed by atoms with Gasteiger partial charge in [-0.1, -0.05) is 24.6 Å². The van der Waals surface area contributed by atoms with Crippen molar-refractivity contribution in [2.45, 2.75) is 37.7 Å². The van der Waals surface area contributed by atoms with E-state index in [4.69, 9.17) is 4.74 Å². The zero-order valence-electron chi connectivity index (χ0n) is 11.1. The standard InChI is InChI=1S/C16H17NO2/c1-17-12-8-4-2-6-10(12)14-11-7-3-5-9-13(11)19-15(14)16(17)18/h2,4,6,8,11,13H,3,5,7,9H2,1H3/t11?,13-/m1/s1. The van der Waals surface area contributed by atoms with Crippen LogP contribution >= 0.6 is 0 Å². The van der Waals surface area contributed by atoms with Crippen LogP contribution in [0.4, 0.5) is 0 Å². The van der Waals surface area contributed by atoms with Gasteiger partial charge in [0.2, 0.25) is 0 Å². The highest BCUT2D eigenvalue weighted by Crippen LogP contribution is 2.46. The van der Waals surface area contributed by atoms with Crippen LogP contribution in [0.15, 0.2) is 29.1 Å². The number of para-hydroxylation sites is 1. The highest BCUT2D eigenvalue weighted by Gasteiger charge is 2.39. The lowest BCUT2D eigenvalue weighted by molar-refractivity contribution is 0.162. The van der Waals surface area contributed by atoms with Crippen LogP contribution in [-0.2, 0) is 7.05 Å². The monoisotopic (exact) mass is 255 g/mol. The smallest absolute Gasteiger partial charge is 0.293 e. The highest BCUT2D eigenvalue weighted by molar-refractivity contribution is 5.86. The second kappa shape index (κ2) is 3.86. The fraction of sp³-hybridized carbons (Fsp3) is 0.438. The van der Waals surface area contributed by atoms with E-state index in [0.717, 1.165) is 18.4 Å². The lowest BCUT2D eigenvalue weighted by Gasteiger charge is -2.24. The number of aryl methyl sites for hydroxylation is 1. The first-order valence-electron chi connectivity index (χ1n) is 7.05. The van der Waals surface area contributed by atoms with Gasteiger partial charge in [-0.15, -0.1) is 0 Å². The topological polar surface area (TPSA) is 31.2 Å². The highest BCUT2D eigenvalue weighted by atomic mass is 16.5. The number of ether oxygens (including phenoxy) is 1. The SMILES string of the molecule is Cn1c(=O)c2c(c3ccccc31)C1CCCC[C@H]1O2. The number of hydrogen-bond donors (Lipinski definition) is 0. The summed E-state index contributed by atoms with van der Waals surface area (Å²) < 4.78 is 7.71. The predicted molar refractivity (Wildman–Crippen MR) is 74.8 cm³/mol. The maximum Gasteiger partial charge on any atom is 0.293 e. The minimum atomic E-state index is 0.0168. The van der Waals surface area contributed by atoms with Gasteiger partial charge >= 0.3 is 0 Å². The largest absolute Gasteiger partial charge is 0.484 e. The molecule has 1 fully saturated rings. The van der Waals surface area contributed by atoms with Gasteiger partial charge in [0.05, 0.1) is 5.52 Å². The van der Waals surface area contributed by atoms with Crippen molar-refractivity contribution in [1.82, 2.24) is 4.57 Å². The number of rotatable bonds is 0. The minimum Gasteiger partial charge on any atom is -0.484 e. The third-order valence-electron chi connectivity index (χ3n) is 4.64. The summed E-state index contributed by atoms with van der Waals surface area (Å²) in [5, 5.41) is 1.19. The van der Waals surface area contributed by atoms with Crippen molar-refractivity contribution in [1.29, 1.82) is 0 Å². The molecule has 2 aromatic rings. The molecule has 19 heavy (non-hydrogen) atoms. The van der Waals surface area contributed by atoms with Crippen molar-refractivity contribution >= 4 is 10.9 Å². The Morgan fingerprint density at radius 3 is 2.89 bits per heavy atom. The second-order valence-corrected chi connectivity index (χ2v) is 5.67. The summed E-state index contributed by atoms with van der Waals surface area (Å²) in [4.78, 5) is 12.5. The molecule has 0 saturated heterocycles. The van der Waals surface area contributed by atoms with E-state index < -0.39 is 0 Å². The van der Waals surface area contributed by atoms with Crippen LogP contribution in [0.1, 0.15) is 37.2 Å². The van der Waals surface area contributed by atoms with E-state index in [1.165, 1.54) is 23.8 Å². The number of pyridine rings is 1. The zero-order valence-corrected chi connectivity index (χ0v) is 11.1. The first-order valence-corrected chi connectivity index (χ1v) is 7.05. The molecule has 0 radical (unpaired) electrons. The molecule has 2 heterocycles. The van der Waals surface area contributed by atoms with Gasteiger partial charge in [0.1, 0.15) is 6.10 Å². The van der Waals surface area contributed by atoms with E-state index in [1.54, 1.807) is 4.57 Å². The molecule has 2 atom stereocenters. The molecule has 2 aliphatic rings. The summed E-state index contributed by atoms with van der Waals surface area (Å²) in [6.07, 6.45) is 4.91. The molecular formula is C16H17NO2. The molecule has 3 nitrogen and oxygen atoms in total. The van der Waals surface area contributed by atoms with Crippen molar-refractivity contribution in [3.8, 4) is 5.75 Å². The van der Waals surface area contributed by atoms with Gasteiger partial charge in [-0.05, 0) is 25.3 Å². The summed E-state index contributed by atoms with van der Waals surface area (Å²) >= 11 is 0. The average molecular weight is 255 g/mol. The first kappa shape index (κ1) is 11.1. The molecule has 1 aliphatic carbocycles. The van der Waals surface area contributed by atoms with Crippen LogP contribution < -0.4 is 10.3 Å². The van der Waals surface area contributed by atoms with Crippen LogP contribution in [0.25, 0.3) is 10.9 Å². The molecule has 4 rings (SSSR count). The lowest BCUT2D eigenvalue weighted by atomic mass is 9.82. The normalized spacial score (nSPS) is 24.9. The Bertz CT molecular complexity index is 716. The predicted octanol–water partition coefficient (Wildman–Crippen LogP) is 2.96. The Hall–Kier alpha value is -1.77. The quantitative estimate of drug-likeness (QED) is 0.724. The molecule has 98 valence electrons. The van der Waals surface area contributed by atoms with E-state index in [1.807, 2.05) is 25.2 Å². The number of hydrogen-bond acceptors (Lipinski definition) is 2. The van der Waals surface area contributed by atoms with Crippen LogP contribution in [0.5, 0.6) is 5.75 Å².